The summed E-state index contributed by atoms with van der Waals surface area (Å²) in [6.07, 6.45) is 8.21. The van der Waals surface area contributed by atoms with Crippen LogP contribution in [0.5, 0.6) is 0 Å². The number of rotatable bonds is 2. The minimum atomic E-state index is 0.466. The molecular weight excluding hydrogens is 208 g/mol. The quantitative estimate of drug-likeness (QED) is 0.669. The summed E-state index contributed by atoms with van der Waals surface area (Å²) in [5.41, 5.74) is 0.466. The highest BCUT2D eigenvalue weighted by Gasteiger charge is 2.29. The Hall–Kier alpha value is -0.530. The van der Waals surface area contributed by atoms with E-state index >= 15 is 0 Å². The first-order valence-corrected chi connectivity index (χ1v) is 7.42. The highest BCUT2D eigenvalue weighted by Crippen LogP contribution is 2.21. The summed E-state index contributed by atoms with van der Waals surface area (Å²) >= 11 is 0. The summed E-state index contributed by atoms with van der Waals surface area (Å²) in [5, 5.41) is 0. The van der Waals surface area contributed by atoms with Gasteiger partial charge in [0, 0.05) is 12.8 Å². The topological polar surface area (TPSA) is 6.25 Å². The maximum Gasteiger partial charge on any atom is 0.246 e. The molecule has 0 radical (unpaired) electrons. The first-order chi connectivity index (χ1) is 8.06. The van der Waals surface area contributed by atoms with Crippen molar-refractivity contribution in [2.75, 3.05) is 26.2 Å². The van der Waals surface area contributed by atoms with Gasteiger partial charge in [-0.1, -0.05) is 20.8 Å². The number of amidine groups is 1. The Balaban J connectivity index is 2.01. The number of hydrogen-bond acceptors (Lipinski definition) is 1. The second-order valence-electron chi connectivity index (χ2n) is 6.87. The van der Waals surface area contributed by atoms with E-state index in [0.29, 0.717) is 5.41 Å². The van der Waals surface area contributed by atoms with Gasteiger partial charge in [0.25, 0.3) is 0 Å². The van der Waals surface area contributed by atoms with Gasteiger partial charge in [-0.25, -0.2) is 0 Å². The number of hydrogen-bond donors (Lipinski definition) is 0. The Labute approximate surface area is 107 Å². The lowest BCUT2D eigenvalue weighted by Gasteiger charge is -2.28. The van der Waals surface area contributed by atoms with Crippen LogP contribution in [0.2, 0.25) is 0 Å². The normalized spacial score (nSPS) is 22.4. The molecule has 0 amide bonds. The van der Waals surface area contributed by atoms with Crippen molar-refractivity contribution in [3.05, 3.63) is 0 Å². The van der Waals surface area contributed by atoms with Crippen LogP contribution in [0.15, 0.2) is 0 Å². The van der Waals surface area contributed by atoms with Crippen LogP contribution in [-0.2, 0) is 0 Å². The fraction of sp³-hybridized carbons (Fsp3) is 0.933. The Kier molecular flexibility index (Phi) is 4.11. The van der Waals surface area contributed by atoms with E-state index in [1.54, 1.807) is 5.84 Å². The molecule has 2 aliphatic heterocycles. The van der Waals surface area contributed by atoms with E-state index in [0.717, 1.165) is 0 Å². The van der Waals surface area contributed by atoms with Crippen molar-refractivity contribution in [1.82, 2.24) is 4.90 Å². The molecule has 0 unspecified atom stereocenters. The van der Waals surface area contributed by atoms with Crippen LogP contribution in [0.4, 0.5) is 0 Å². The van der Waals surface area contributed by atoms with Crippen LogP contribution in [0, 0.1) is 5.41 Å². The zero-order valence-electron chi connectivity index (χ0n) is 12.0. The van der Waals surface area contributed by atoms with Crippen molar-refractivity contribution < 1.29 is 4.58 Å². The molecule has 0 aliphatic carbocycles. The summed E-state index contributed by atoms with van der Waals surface area (Å²) in [7, 11) is 0. The predicted molar refractivity (Wildman–Crippen MR) is 73.7 cm³/mol. The van der Waals surface area contributed by atoms with Gasteiger partial charge < -0.3 is 0 Å². The minimum Gasteiger partial charge on any atom is -0.266 e. The Morgan fingerprint density at radius 1 is 1.06 bits per heavy atom. The van der Waals surface area contributed by atoms with Gasteiger partial charge in [-0.15, -0.1) is 0 Å². The molecule has 0 saturated carbocycles. The van der Waals surface area contributed by atoms with Crippen molar-refractivity contribution in [3.63, 3.8) is 0 Å². The van der Waals surface area contributed by atoms with E-state index < -0.39 is 0 Å². The molecule has 0 bridgehead atoms. The lowest BCUT2D eigenvalue weighted by molar-refractivity contribution is -0.539. The first-order valence-electron chi connectivity index (χ1n) is 7.42. The average Bonchev–Trinajstić information content (AvgIpc) is 2.50. The third-order valence-corrected chi connectivity index (χ3v) is 4.05. The molecule has 0 atom stereocenters. The van der Waals surface area contributed by atoms with Gasteiger partial charge in [-0.05, 0) is 31.1 Å². The number of nitrogens with zero attached hydrogens (tertiary/aromatic N) is 2. The van der Waals surface area contributed by atoms with E-state index in [9.17, 15) is 0 Å². The van der Waals surface area contributed by atoms with Crippen LogP contribution in [-0.4, -0.2) is 41.5 Å². The molecule has 0 saturated heterocycles. The largest absolute Gasteiger partial charge is 0.266 e. The maximum atomic E-state index is 2.68. The smallest absolute Gasteiger partial charge is 0.246 e. The standard InChI is InChI=1S/C15H29N2/c1-15(2,3)9-13-17-12-7-11-16-10-6-4-5-8-14(16)17/h4-13H2,1-3H3/q+1. The molecule has 98 valence electrons. The molecule has 0 aromatic rings. The van der Waals surface area contributed by atoms with Crippen LogP contribution in [0.3, 0.4) is 0 Å². The first kappa shape index (κ1) is 12.9. The van der Waals surface area contributed by atoms with E-state index in [-0.39, 0.29) is 0 Å². The molecule has 17 heavy (non-hydrogen) atoms. The molecule has 0 aromatic carbocycles. The van der Waals surface area contributed by atoms with Crippen molar-refractivity contribution in [2.24, 2.45) is 5.41 Å². The second-order valence-corrected chi connectivity index (χ2v) is 6.87. The lowest BCUT2D eigenvalue weighted by Crippen LogP contribution is -2.45. The highest BCUT2D eigenvalue weighted by atomic mass is 15.3. The Bertz CT molecular complexity index is 286. The van der Waals surface area contributed by atoms with Gasteiger partial charge in [0.15, 0.2) is 0 Å². The highest BCUT2D eigenvalue weighted by molar-refractivity contribution is 5.78. The second kappa shape index (κ2) is 5.41. The van der Waals surface area contributed by atoms with E-state index in [1.807, 2.05) is 0 Å². The van der Waals surface area contributed by atoms with Gasteiger partial charge in [0.1, 0.15) is 0 Å². The van der Waals surface area contributed by atoms with Crippen LogP contribution >= 0.6 is 0 Å². The molecule has 2 heteroatoms. The van der Waals surface area contributed by atoms with E-state index in [2.05, 4.69) is 30.2 Å². The molecule has 2 nitrogen and oxygen atoms in total. The summed E-state index contributed by atoms with van der Waals surface area (Å²) in [4.78, 5) is 2.68. The summed E-state index contributed by atoms with van der Waals surface area (Å²) in [5.74, 6) is 1.66. The average molecular weight is 237 g/mol. The zero-order chi connectivity index (χ0) is 12.3. The van der Waals surface area contributed by atoms with E-state index in [4.69, 9.17) is 0 Å². The third-order valence-electron chi connectivity index (χ3n) is 4.05. The van der Waals surface area contributed by atoms with Crippen molar-refractivity contribution >= 4 is 5.84 Å². The predicted octanol–water partition coefficient (Wildman–Crippen LogP) is 3.11. The molecule has 0 aromatic heterocycles. The van der Waals surface area contributed by atoms with Crippen LogP contribution in [0.1, 0.15) is 59.3 Å². The fourth-order valence-corrected chi connectivity index (χ4v) is 2.94. The van der Waals surface area contributed by atoms with Crippen LogP contribution in [0.25, 0.3) is 0 Å². The minimum absolute atomic E-state index is 0.466. The molecule has 0 fully saturated rings. The van der Waals surface area contributed by atoms with Gasteiger partial charge in [0.05, 0.1) is 26.2 Å². The Morgan fingerprint density at radius 3 is 2.59 bits per heavy atom. The molecule has 0 N–H and O–H groups in total. The van der Waals surface area contributed by atoms with Gasteiger partial charge in [0.2, 0.25) is 5.84 Å². The van der Waals surface area contributed by atoms with Gasteiger partial charge in [-0.2, -0.15) is 0 Å². The molecule has 2 rings (SSSR count). The van der Waals surface area contributed by atoms with Crippen molar-refractivity contribution in [2.45, 2.75) is 59.3 Å². The van der Waals surface area contributed by atoms with Gasteiger partial charge >= 0.3 is 0 Å². The van der Waals surface area contributed by atoms with Crippen molar-refractivity contribution in [1.29, 1.82) is 0 Å². The summed E-state index contributed by atoms with van der Waals surface area (Å²) in [6, 6.07) is 0. The SMILES string of the molecule is CC(C)(C)CCN1CCC[N+]2=C1CCCCC2. The monoisotopic (exact) mass is 237 g/mol. The van der Waals surface area contributed by atoms with Crippen molar-refractivity contribution in [3.8, 4) is 0 Å². The zero-order valence-corrected chi connectivity index (χ0v) is 12.0. The molecule has 2 heterocycles. The summed E-state index contributed by atoms with van der Waals surface area (Å²) in [6.45, 7) is 12.2. The third kappa shape index (κ3) is 3.72. The molecule has 2 aliphatic rings. The lowest BCUT2D eigenvalue weighted by atomic mass is 9.92. The molecular formula is C15H29N2+. The fourth-order valence-electron chi connectivity index (χ4n) is 2.94. The van der Waals surface area contributed by atoms with E-state index in [1.165, 1.54) is 64.7 Å². The van der Waals surface area contributed by atoms with Gasteiger partial charge in [-0.3, -0.25) is 9.48 Å². The van der Waals surface area contributed by atoms with Crippen LogP contribution < -0.4 is 0 Å². The maximum absolute atomic E-state index is 2.68. The Morgan fingerprint density at radius 2 is 1.82 bits per heavy atom. The molecule has 0 spiro atoms. The summed E-state index contributed by atoms with van der Waals surface area (Å²) < 4.78 is 2.67.